The summed E-state index contributed by atoms with van der Waals surface area (Å²) in [6.45, 7) is 3.40. The minimum atomic E-state index is -0.575. The number of benzene rings is 1. The molecule has 0 fully saturated rings. The van der Waals surface area contributed by atoms with Gasteiger partial charge in [0.25, 0.3) is 0 Å². The Morgan fingerprint density at radius 1 is 1.38 bits per heavy atom. The molecule has 4 heteroatoms. The highest BCUT2D eigenvalue weighted by Gasteiger charge is 2.15. The van der Waals surface area contributed by atoms with Crippen LogP contribution in [0.15, 0.2) is 24.3 Å². The summed E-state index contributed by atoms with van der Waals surface area (Å²) in [7, 11) is 1.35. The number of hydrogen-bond donors (Lipinski definition) is 2. The molecule has 0 saturated heterocycles. The van der Waals surface area contributed by atoms with Crippen LogP contribution in [0.1, 0.15) is 25.5 Å². The first-order valence-corrected chi connectivity index (χ1v) is 5.17. The smallest absolute Gasteiger partial charge is 0.327 e. The molecular weight excluding hydrogens is 206 g/mol. The van der Waals surface area contributed by atoms with Crippen molar-refractivity contribution in [1.82, 2.24) is 0 Å². The minimum Gasteiger partial charge on any atom is -0.467 e. The van der Waals surface area contributed by atoms with Gasteiger partial charge < -0.3 is 15.2 Å². The lowest BCUT2D eigenvalue weighted by molar-refractivity contribution is -0.141. The molecule has 88 valence electrons. The van der Waals surface area contributed by atoms with E-state index in [0.29, 0.717) is 0 Å². The van der Waals surface area contributed by atoms with Crippen molar-refractivity contribution < 1.29 is 14.6 Å². The Bertz CT molecular complexity index is 363. The van der Waals surface area contributed by atoms with Crippen LogP contribution in [0.5, 0.6) is 0 Å². The molecule has 1 aromatic carbocycles. The number of nitrogens with one attached hydrogen (secondary N) is 1. The van der Waals surface area contributed by atoms with Gasteiger partial charge in [0.05, 0.1) is 13.2 Å². The molecule has 0 aliphatic heterocycles. The summed E-state index contributed by atoms with van der Waals surface area (Å²) in [4.78, 5) is 11.3. The summed E-state index contributed by atoms with van der Waals surface area (Å²) in [5, 5.41) is 12.6. The molecule has 2 unspecified atom stereocenters. The molecule has 0 aromatic heterocycles. The van der Waals surface area contributed by atoms with Crippen LogP contribution in [0, 0.1) is 0 Å². The van der Waals surface area contributed by atoms with Gasteiger partial charge in [-0.2, -0.15) is 0 Å². The Morgan fingerprint density at radius 3 is 2.56 bits per heavy atom. The molecule has 0 radical (unpaired) electrons. The Morgan fingerprint density at radius 2 is 2.00 bits per heavy atom. The molecule has 16 heavy (non-hydrogen) atoms. The maximum absolute atomic E-state index is 11.3. The molecule has 0 heterocycles. The van der Waals surface area contributed by atoms with Gasteiger partial charge in [0, 0.05) is 11.3 Å². The van der Waals surface area contributed by atoms with Gasteiger partial charge in [-0.25, -0.2) is 4.79 Å². The van der Waals surface area contributed by atoms with Gasteiger partial charge in [0.2, 0.25) is 0 Å². The Labute approximate surface area is 95.2 Å². The predicted octanol–water partition coefficient (Wildman–Crippen LogP) is 1.71. The summed E-state index contributed by atoms with van der Waals surface area (Å²) in [5.41, 5.74) is 1.51. The zero-order chi connectivity index (χ0) is 12.1. The Kier molecular flexibility index (Phi) is 4.31. The van der Waals surface area contributed by atoms with Gasteiger partial charge in [-0.15, -0.1) is 0 Å². The van der Waals surface area contributed by atoms with Crippen LogP contribution >= 0.6 is 0 Å². The number of ether oxygens (including phenoxy) is 1. The highest BCUT2D eigenvalue weighted by molar-refractivity contribution is 5.79. The number of hydrogen-bond acceptors (Lipinski definition) is 4. The molecule has 1 rings (SSSR count). The van der Waals surface area contributed by atoms with Crippen LogP contribution in [-0.4, -0.2) is 24.2 Å². The number of carbonyl (C=O) groups is 1. The first-order valence-electron chi connectivity index (χ1n) is 5.17. The highest BCUT2D eigenvalue weighted by Crippen LogP contribution is 2.22. The lowest BCUT2D eigenvalue weighted by atomic mass is 10.1. The maximum atomic E-state index is 11.3. The second-order valence-corrected chi connectivity index (χ2v) is 3.65. The van der Waals surface area contributed by atoms with Crippen LogP contribution in [0.3, 0.4) is 0 Å². The Hall–Kier alpha value is -1.55. The van der Waals surface area contributed by atoms with Crippen LogP contribution < -0.4 is 5.32 Å². The van der Waals surface area contributed by atoms with Crippen molar-refractivity contribution in [2.24, 2.45) is 0 Å². The number of aliphatic hydroxyl groups excluding tert-OH is 1. The first-order chi connectivity index (χ1) is 7.56. The van der Waals surface area contributed by atoms with Crippen molar-refractivity contribution in [1.29, 1.82) is 0 Å². The first kappa shape index (κ1) is 12.5. The zero-order valence-corrected chi connectivity index (χ0v) is 9.73. The molecule has 0 aliphatic carbocycles. The van der Waals surface area contributed by atoms with Crippen molar-refractivity contribution in [2.45, 2.75) is 26.0 Å². The number of esters is 1. The van der Waals surface area contributed by atoms with E-state index in [-0.39, 0.29) is 5.97 Å². The molecule has 2 N–H and O–H groups in total. The molecule has 4 nitrogen and oxygen atoms in total. The van der Waals surface area contributed by atoms with Crippen LogP contribution in [0.2, 0.25) is 0 Å². The summed E-state index contributed by atoms with van der Waals surface area (Å²) >= 11 is 0. The zero-order valence-electron chi connectivity index (χ0n) is 9.73. The topological polar surface area (TPSA) is 58.6 Å². The summed E-state index contributed by atoms with van der Waals surface area (Å²) in [5.74, 6) is -0.333. The predicted molar refractivity (Wildman–Crippen MR) is 62.2 cm³/mol. The average Bonchev–Trinajstić information content (AvgIpc) is 2.28. The molecule has 1 aromatic rings. The van der Waals surface area contributed by atoms with Gasteiger partial charge in [0.1, 0.15) is 6.04 Å². The minimum absolute atomic E-state index is 0.333. The fourth-order valence-corrected chi connectivity index (χ4v) is 1.46. The molecule has 0 spiro atoms. The summed E-state index contributed by atoms with van der Waals surface area (Å²) in [6, 6.07) is 6.89. The fourth-order valence-electron chi connectivity index (χ4n) is 1.46. The maximum Gasteiger partial charge on any atom is 0.327 e. The lowest BCUT2D eigenvalue weighted by Crippen LogP contribution is -2.27. The van der Waals surface area contributed by atoms with E-state index in [4.69, 9.17) is 0 Å². The van der Waals surface area contributed by atoms with E-state index in [1.54, 1.807) is 13.8 Å². The van der Waals surface area contributed by atoms with Gasteiger partial charge >= 0.3 is 5.97 Å². The third-order valence-corrected chi connectivity index (χ3v) is 2.34. The van der Waals surface area contributed by atoms with E-state index in [0.717, 1.165) is 11.3 Å². The average molecular weight is 223 g/mol. The van der Waals surface area contributed by atoms with E-state index in [2.05, 4.69) is 10.1 Å². The van der Waals surface area contributed by atoms with Crippen molar-refractivity contribution in [3.05, 3.63) is 29.8 Å². The van der Waals surface area contributed by atoms with Gasteiger partial charge in [-0.3, -0.25) is 0 Å². The number of methoxy groups -OCH3 is 1. The number of anilines is 1. The van der Waals surface area contributed by atoms with Crippen molar-refractivity contribution in [3.8, 4) is 0 Å². The lowest BCUT2D eigenvalue weighted by Gasteiger charge is -2.17. The molecule has 0 aliphatic rings. The SMILES string of the molecule is COC(=O)C(C)Nc1ccccc1C(C)O. The van der Waals surface area contributed by atoms with Gasteiger partial charge in [-0.05, 0) is 19.9 Å². The van der Waals surface area contributed by atoms with Crippen LogP contribution in [-0.2, 0) is 9.53 Å². The van der Waals surface area contributed by atoms with E-state index in [9.17, 15) is 9.90 Å². The van der Waals surface area contributed by atoms with Crippen molar-refractivity contribution >= 4 is 11.7 Å². The number of rotatable bonds is 4. The van der Waals surface area contributed by atoms with Crippen LogP contribution in [0.4, 0.5) is 5.69 Å². The Balaban J connectivity index is 2.84. The normalized spacial score (nSPS) is 14.0. The standard InChI is InChI=1S/C12H17NO3/c1-8(12(15)16-3)13-11-7-5-4-6-10(11)9(2)14/h4-9,13-14H,1-3H3. The second-order valence-electron chi connectivity index (χ2n) is 3.65. The molecular formula is C12H17NO3. The summed E-state index contributed by atoms with van der Waals surface area (Å²) < 4.78 is 4.62. The number of aliphatic hydroxyl groups is 1. The van der Waals surface area contributed by atoms with Gasteiger partial charge in [0.15, 0.2) is 0 Å². The van der Waals surface area contributed by atoms with E-state index in [1.807, 2.05) is 24.3 Å². The summed E-state index contributed by atoms with van der Waals surface area (Å²) in [6.07, 6.45) is -0.575. The van der Waals surface area contributed by atoms with Crippen molar-refractivity contribution in [2.75, 3.05) is 12.4 Å². The van der Waals surface area contributed by atoms with E-state index >= 15 is 0 Å². The van der Waals surface area contributed by atoms with E-state index in [1.165, 1.54) is 7.11 Å². The number of carbonyl (C=O) groups excluding carboxylic acids is 1. The monoisotopic (exact) mass is 223 g/mol. The molecule has 0 amide bonds. The largest absolute Gasteiger partial charge is 0.467 e. The number of para-hydroxylation sites is 1. The van der Waals surface area contributed by atoms with Crippen molar-refractivity contribution in [3.63, 3.8) is 0 Å². The quantitative estimate of drug-likeness (QED) is 0.763. The highest BCUT2D eigenvalue weighted by atomic mass is 16.5. The van der Waals surface area contributed by atoms with E-state index < -0.39 is 12.1 Å². The molecule has 0 saturated carbocycles. The second kappa shape index (κ2) is 5.51. The third kappa shape index (κ3) is 2.97. The fraction of sp³-hybridized carbons (Fsp3) is 0.417. The third-order valence-electron chi connectivity index (χ3n) is 2.34. The van der Waals surface area contributed by atoms with Crippen LogP contribution in [0.25, 0.3) is 0 Å². The molecule has 0 bridgehead atoms. The molecule has 2 atom stereocenters. The van der Waals surface area contributed by atoms with Gasteiger partial charge in [-0.1, -0.05) is 18.2 Å².